The third kappa shape index (κ3) is 4.00. The van der Waals surface area contributed by atoms with Crippen LogP contribution in [-0.2, 0) is 28.9 Å². The van der Waals surface area contributed by atoms with Crippen LogP contribution in [0.3, 0.4) is 0 Å². The van der Waals surface area contributed by atoms with E-state index in [1.165, 1.54) is 10.4 Å². The van der Waals surface area contributed by atoms with E-state index in [0.29, 0.717) is 35.8 Å². The van der Waals surface area contributed by atoms with Gasteiger partial charge in [0.2, 0.25) is 0 Å². The first-order valence-corrected chi connectivity index (χ1v) is 12.1. The number of hydrogen-bond donors (Lipinski definition) is 1. The van der Waals surface area contributed by atoms with Crippen molar-refractivity contribution in [3.05, 3.63) is 32.3 Å². The number of aromatic nitrogens is 2. The van der Waals surface area contributed by atoms with Crippen LogP contribution in [0.5, 0.6) is 0 Å². The number of Topliss-reactive ketones (excluding diaryl/α,β-unsaturated/α-hetero) is 1. The number of ketones is 1. The highest BCUT2D eigenvalue weighted by atomic mass is 32.1. The van der Waals surface area contributed by atoms with Crippen molar-refractivity contribution in [2.45, 2.75) is 84.0 Å². The lowest BCUT2D eigenvalue weighted by atomic mass is 9.76. The number of carboxylic acids is 1. The molecule has 2 heterocycles. The van der Waals surface area contributed by atoms with Crippen LogP contribution in [0.25, 0.3) is 11.5 Å². The molecule has 0 spiro atoms. The zero-order chi connectivity index (χ0) is 21.8. The summed E-state index contributed by atoms with van der Waals surface area (Å²) < 4.78 is 5.70. The first-order chi connectivity index (χ1) is 14.8. The molecule has 1 N–H and O–H groups in total. The quantitative estimate of drug-likeness (QED) is 0.659. The van der Waals surface area contributed by atoms with Gasteiger partial charge in [-0.2, -0.15) is 4.98 Å². The third-order valence-corrected chi connectivity index (χ3v) is 8.12. The smallest absolute Gasteiger partial charge is 0.331 e. The van der Waals surface area contributed by atoms with Gasteiger partial charge >= 0.3 is 5.97 Å². The van der Waals surface area contributed by atoms with Crippen LogP contribution in [-0.4, -0.2) is 27.0 Å². The van der Waals surface area contributed by atoms with Crippen molar-refractivity contribution in [3.8, 4) is 11.5 Å². The number of aryl methyl sites for hydroxylation is 1. The fraction of sp³-hybridized carbons (Fsp3) is 0.583. The molecule has 164 valence electrons. The van der Waals surface area contributed by atoms with Gasteiger partial charge in [0.15, 0.2) is 11.6 Å². The van der Waals surface area contributed by atoms with Crippen LogP contribution in [0.1, 0.15) is 85.9 Å². The van der Waals surface area contributed by atoms with Crippen LogP contribution in [0.4, 0.5) is 0 Å². The molecule has 0 aromatic carbocycles. The van der Waals surface area contributed by atoms with Crippen molar-refractivity contribution in [3.63, 3.8) is 0 Å². The molecule has 1 saturated carbocycles. The molecular formula is C24H28N2O4S. The summed E-state index contributed by atoms with van der Waals surface area (Å²) in [4.78, 5) is 31.9. The Balaban J connectivity index is 1.54. The lowest BCUT2D eigenvalue weighted by Gasteiger charge is -2.29. The number of aliphatic carboxylic acids is 1. The number of carbonyl (C=O) groups excluding carboxylic acids is 1. The number of hydrogen-bond acceptors (Lipinski definition) is 6. The zero-order valence-corrected chi connectivity index (χ0v) is 18.9. The standard InChI is InChI=1S/C24H28N2O4S/c1-24(2)10-9-18-16(12-24)20(22-25-21(26-30-22)13-7-8-13)19(31-18)11-17(27)14-5-3-4-6-15(14)23(28)29/h13H,3-12H2,1-2H3,(H,28,29). The number of fused-ring (bicyclic) bond motifs is 1. The van der Waals surface area contributed by atoms with Crippen LogP contribution in [0, 0.1) is 5.41 Å². The minimum atomic E-state index is -0.957. The fourth-order valence-electron chi connectivity index (χ4n) is 4.89. The highest BCUT2D eigenvalue weighted by Crippen LogP contribution is 2.46. The monoisotopic (exact) mass is 440 g/mol. The van der Waals surface area contributed by atoms with Crippen LogP contribution in [0.2, 0.25) is 0 Å². The Labute approximate surface area is 185 Å². The number of carbonyl (C=O) groups is 2. The van der Waals surface area contributed by atoms with Gasteiger partial charge in [0, 0.05) is 33.2 Å². The van der Waals surface area contributed by atoms with Crippen molar-refractivity contribution in [2.24, 2.45) is 5.41 Å². The van der Waals surface area contributed by atoms with E-state index in [1.54, 1.807) is 11.3 Å². The molecule has 0 unspecified atom stereocenters. The molecule has 0 amide bonds. The van der Waals surface area contributed by atoms with Gasteiger partial charge in [0.25, 0.3) is 5.89 Å². The Morgan fingerprint density at radius 1 is 1.16 bits per heavy atom. The first-order valence-electron chi connectivity index (χ1n) is 11.3. The summed E-state index contributed by atoms with van der Waals surface area (Å²) in [5.74, 6) is 0.667. The van der Waals surface area contributed by atoms with Gasteiger partial charge in [-0.1, -0.05) is 19.0 Å². The summed E-state index contributed by atoms with van der Waals surface area (Å²) in [5, 5.41) is 13.8. The van der Waals surface area contributed by atoms with E-state index < -0.39 is 5.97 Å². The predicted octanol–water partition coefficient (Wildman–Crippen LogP) is 5.26. The molecule has 0 saturated heterocycles. The Bertz CT molecular complexity index is 1090. The topological polar surface area (TPSA) is 93.3 Å². The van der Waals surface area contributed by atoms with Gasteiger partial charge < -0.3 is 9.63 Å². The van der Waals surface area contributed by atoms with Crippen molar-refractivity contribution in [2.75, 3.05) is 0 Å². The third-order valence-electron chi connectivity index (χ3n) is 6.83. The van der Waals surface area contributed by atoms with Gasteiger partial charge in [-0.3, -0.25) is 4.79 Å². The minimum Gasteiger partial charge on any atom is -0.478 e. The molecule has 2 aromatic heterocycles. The number of allylic oxidation sites excluding steroid dienone is 1. The average molecular weight is 441 g/mol. The van der Waals surface area contributed by atoms with E-state index in [9.17, 15) is 14.7 Å². The molecule has 31 heavy (non-hydrogen) atoms. The van der Waals surface area contributed by atoms with Crippen LogP contribution < -0.4 is 0 Å². The zero-order valence-electron chi connectivity index (χ0n) is 18.1. The Morgan fingerprint density at radius 3 is 2.61 bits per heavy atom. The predicted molar refractivity (Wildman–Crippen MR) is 117 cm³/mol. The number of thiophene rings is 1. The fourth-order valence-corrected chi connectivity index (χ4v) is 6.21. The van der Waals surface area contributed by atoms with Crippen molar-refractivity contribution in [1.82, 2.24) is 10.1 Å². The Hall–Kier alpha value is -2.28. The van der Waals surface area contributed by atoms with Crippen molar-refractivity contribution < 1.29 is 19.2 Å². The van der Waals surface area contributed by atoms with E-state index in [0.717, 1.165) is 61.2 Å². The minimum absolute atomic E-state index is 0.0712. The maximum Gasteiger partial charge on any atom is 0.331 e. The van der Waals surface area contributed by atoms with E-state index >= 15 is 0 Å². The Kier molecular flexibility index (Phi) is 5.12. The molecule has 1 fully saturated rings. The second kappa shape index (κ2) is 7.69. The van der Waals surface area contributed by atoms with Crippen LogP contribution >= 0.6 is 11.3 Å². The number of carboxylic acid groups (broad SMARTS) is 1. The maximum absolute atomic E-state index is 13.2. The lowest BCUT2D eigenvalue weighted by Crippen LogP contribution is -2.21. The highest BCUT2D eigenvalue weighted by molar-refractivity contribution is 7.12. The first kappa shape index (κ1) is 20.6. The molecule has 6 nitrogen and oxygen atoms in total. The van der Waals surface area contributed by atoms with Gasteiger partial charge in [-0.05, 0) is 68.8 Å². The summed E-state index contributed by atoms with van der Waals surface area (Å²) in [5.41, 5.74) is 3.17. The molecule has 0 radical (unpaired) electrons. The number of rotatable bonds is 6. The van der Waals surface area contributed by atoms with E-state index in [-0.39, 0.29) is 17.6 Å². The molecule has 3 aliphatic carbocycles. The van der Waals surface area contributed by atoms with E-state index in [2.05, 4.69) is 19.0 Å². The lowest BCUT2D eigenvalue weighted by molar-refractivity contribution is -0.133. The second-order valence-electron chi connectivity index (χ2n) is 9.94. The normalized spacial score (nSPS) is 20.6. The summed E-state index contributed by atoms with van der Waals surface area (Å²) in [6, 6.07) is 0. The molecule has 3 aliphatic rings. The molecule has 0 atom stereocenters. The van der Waals surface area contributed by atoms with Gasteiger partial charge in [0.05, 0.1) is 5.56 Å². The average Bonchev–Trinajstić information content (AvgIpc) is 3.37. The molecule has 0 aliphatic heterocycles. The number of nitrogens with zero attached hydrogens (tertiary/aromatic N) is 2. The molecule has 2 aromatic rings. The molecule has 0 bridgehead atoms. The van der Waals surface area contributed by atoms with Crippen LogP contribution in [0.15, 0.2) is 15.7 Å². The SMILES string of the molecule is CC1(C)CCc2sc(CC(=O)C3=C(C(=O)O)CCCC3)c(-c3nc(C4CC4)no3)c2C1. The highest BCUT2D eigenvalue weighted by Gasteiger charge is 2.35. The summed E-state index contributed by atoms with van der Waals surface area (Å²) in [6.45, 7) is 4.55. The molecule has 7 heteroatoms. The molecular weight excluding hydrogens is 412 g/mol. The maximum atomic E-state index is 13.2. The second-order valence-corrected chi connectivity index (χ2v) is 11.1. The summed E-state index contributed by atoms with van der Waals surface area (Å²) >= 11 is 1.67. The van der Waals surface area contributed by atoms with E-state index in [1.807, 2.05) is 0 Å². The largest absolute Gasteiger partial charge is 0.478 e. The summed E-state index contributed by atoms with van der Waals surface area (Å²) in [7, 11) is 0. The van der Waals surface area contributed by atoms with E-state index in [4.69, 9.17) is 9.51 Å². The summed E-state index contributed by atoms with van der Waals surface area (Å²) in [6.07, 6.45) is 8.17. The van der Waals surface area contributed by atoms with Crippen molar-refractivity contribution >= 4 is 23.1 Å². The molecule has 5 rings (SSSR count). The van der Waals surface area contributed by atoms with Crippen molar-refractivity contribution in [1.29, 1.82) is 0 Å². The Morgan fingerprint density at radius 2 is 1.90 bits per heavy atom. The van der Waals surface area contributed by atoms with Gasteiger partial charge in [-0.25, -0.2) is 4.79 Å². The van der Waals surface area contributed by atoms with Gasteiger partial charge in [0.1, 0.15) is 0 Å². The van der Waals surface area contributed by atoms with Gasteiger partial charge in [-0.15, -0.1) is 11.3 Å².